The summed E-state index contributed by atoms with van der Waals surface area (Å²) in [6.45, 7) is 7.35. The highest BCUT2D eigenvalue weighted by molar-refractivity contribution is 7.92. The van der Waals surface area contributed by atoms with Gasteiger partial charge in [0.05, 0.1) is 10.1 Å². The third-order valence-electron chi connectivity index (χ3n) is 3.85. The highest BCUT2D eigenvalue weighted by atomic mass is 32.2. The monoisotopic (exact) mass is 266 g/mol. The van der Waals surface area contributed by atoms with Crippen LogP contribution in [0.5, 0.6) is 0 Å². The molecule has 0 N–H and O–H groups in total. The number of fused-ring (bicyclic) bond motifs is 1. The summed E-state index contributed by atoms with van der Waals surface area (Å²) in [5.41, 5.74) is 1.37. The number of benzene rings is 1. The Balaban J connectivity index is 2.71. The van der Waals surface area contributed by atoms with Crippen LogP contribution in [0.3, 0.4) is 0 Å². The molecule has 2 atom stereocenters. The van der Waals surface area contributed by atoms with E-state index in [0.29, 0.717) is 5.56 Å². The van der Waals surface area contributed by atoms with Gasteiger partial charge < -0.3 is 0 Å². The fourth-order valence-electron chi connectivity index (χ4n) is 2.27. The molecule has 4 heteroatoms. The fraction of sp³-hybridized carbons (Fsp3) is 0.500. The Morgan fingerprint density at radius 1 is 1.17 bits per heavy atom. The SMILES string of the molecule is CC(C)c1ccc2c(c1)C(=O)C(C)C(C)S2(=O)=O. The Hall–Kier alpha value is -1.16. The molecule has 1 aliphatic heterocycles. The van der Waals surface area contributed by atoms with Crippen LogP contribution in [-0.4, -0.2) is 19.5 Å². The summed E-state index contributed by atoms with van der Waals surface area (Å²) >= 11 is 0. The van der Waals surface area contributed by atoms with Crippen LogP contribution in [0.2, 0.25) is 0 Å². The number of rotatable bonds is 1. The van der Waals surface area contributed by atoms with Crippen LogP contribution in [0.25, 0.3) is 0 Å². The van der Waals surface area contributed by atoms with Crippen molar-refractivity contribution >= 4 is 15.6 Å². The lowest BCUT2D eigenvalue weighted by molar-refractivity contribution is 0.0920. The second kappa shape index (κ2) is 4.19. The van der Waals surface area contributed by atoms with E-state index in [0.717, 1.165) is 5.56 Å². The number of sulfone groups is 1. The maximum atomic E-state index is 12.3. The van der Waals surface area contributed by atoms with E-state index >= 15 is 0 Å². The van der Waals surface area contributed by atoms with Gasteiger partial charge in [-0.1, -0.05) is 26.8 Å². The van der Waals surface area contributed by atoms with Crippen molar-refractivity contribution in [1.29, 1.82) is 0 Å². The Morgan fingerprint density at radius 2 is 1.78 bits per heavy atom. The zero-order valence-electron chi connectivity index (χ0n) is 11.1. The first kappa shape index (κ1) is 13.3. The molecule has 1 heterocycles. The van der Waals surface area contributed by atoms with Crippen LogP contribution < -0.4 is 0 Å². The van der Waals surface area contributed by atoms with Gasteiger partial charge in [-0.2, -0.15) is 0 Å². The zero-order chi connectivity index (χ0) is 13.7. The van der Waals surface area contributed by atoms with Crippen LogP contribution in [0.15, 0.2) is 23.1 Å². The summed E-state index contributed by atoms with van der Waals surface area (Å²) in [4.78, 5) is 12.4. The molecule has 0 aliphatic carbocycles. The molecule has 1 aromatic carbocycles. The third kappa shape index (κ3) is 1.79. The minimum absolute atomic E-state index is 0.0603. The lowest BCUT2D eigenvalue weighted by atomic mass is 9.92. The van der Waals surface area contributed by atoms with Gasteiger partial charge in [-0.05, 0) is 30.5 Å². The molecule has 3 nitrogen and oxygen atoms in total. The van der Waals surface area contributed by atoms with Gasteiger partial charge in [0.1, 0.15) is 0 Å². The lowest BCUT2D eigenvalue weighted by Crippen LogP contribution is -2.37. The molecule has 0 bridgehead atoms. The maximum absolute atomic E-state index is 12.3. The number of carbonyl (C=O) groups excluding carboxylic acids is 1. The molecule has 0 radical (unpaired) electrons. The molecule has 0 fully saturated rings. The molecule has 0 saturated carbocycles. The van der Waals surface area contributed by atoms with Gasteiger partial charge in [-0.15, -0.1) is 0 Å². The van der Waals surface area contributed by atoms with Gasteiger partial charge in [0.2, 0.25) is 0 Å². The quantitative estimate of drug-likeness (QED) is 0.785. The van der Waals surface area contributed by atoms with E-state index in [-0.39, 0.29) is 16.6 Å². The maximum Gasteiger partial charge on any atom is 0.182 e. The van der Waals surface area contributed by atoms with E-state index in [9.17, 15) is 13.2 Å². The minimum atomic E-state index is -3.37. The van der Waals surface area contributed by atoms with E-state index in [2.05, 4.69) is 0 Å². The summed E-state index contributed by atoms with van der Waals surface area (Å²) in [5, 5.41) is -0.637. The van der Waals surface area contributed by atoms with Crippen molar-refractivity contribution in [3.63, 3.8) is 0 Å². The van der Waals surface area contributed by atoms with Gasteiger partial charge in [-0.25, -0.2) is 8.42 Å². The first-order valence-electron chi connectivity index (χ1n) is 6.19. The fourth-order valence-corrected chi connectivity index (χ4v) is 4.06. The summed E-state index contributed by atoms with van der Waals surface area (Å²) in [7, 11) is -3.37. The zero-order valence-corrected chi connectivity index (χ0v) is 11.9. The van der Waals surface area contributed by atoms with Crippen LogP contribution in [0, 0.1) is 5.92 Å². The second-order valence-electron chi connectivity index (χ2n) is 5.31. The summed E-state index contributed by atoms with van der Waals surface area (Å²) in [6.07, 6.45) is 0. The molecule has 1 aromatic rings. The molecule has 0 spiro atoms. The lowest BCUT2D eigenvalue weighted by Gasteiger charge is -2.27. The van der Waals surface area contributed by atoms with Gasteiger partial charge in [0, 0.05) is 11.5 Å². The van der Waals surface area contributed by atoms with Crippen LogP contribution in [-0.2, 0) is 9.84 Å². The molecule has 98 valence electrons. The topological polar surface area (TPSA) is 51.2 Å². The molecule has 2 unspecified atom stereocenters. The highest BCUT2D eigenvalue weighted by Gasteiger charge is 2.40. The average Bonchev–Trinajstić information content (AvgIpc) is 2.33. The first-order valence-corrected chi connectivity index (χ1v) is 7.73. The van der Waals surface area contributed by atoms with Gasteiger partial charge in [-0.3, -0.25) is 4.79 Å². The van der Waals surface area contributed by atoms with Crippen molar-refractivity contribution < 1.29 is 13.2 Å². The van der Waals surface area contributed by atoms with Crippen molar-refractivity contribution in [3.05, 3.63) is 29.3 Å². The number of hydrogen-bond donors (Lipinski definition) is 0. The van der Waals surface area contributed by atoms with Crippen molar-refractivity contribution in [2.75, 3.05) is 0 Å². The number of Topliss-reactive ketones (excluding diaryl/α,β-unsaturated/α-hetero) is 1. The largest absolute Gasteiger partial charge is 0.294 e. The number of carbonyl (C=O) groups is 1. The standard InChI is InChI=1S/C14H18O3S/c1-8(2)11-5-6-13-12(7-11)14(15)9(3)10(4)18(13,16)17/h5-10H,1-4H3. The van der Waals surface area contributed by atoms with E-state index in [1.165, 1.54) is 0 Å². The predicted octanol–water partition coefficient (Wildman–Crippen LogP) is 2.80. The highest BCUT2D eigenvalue weighted by Crippen LogP contribution is 2.34. The Kier molecular flexibility index (Phi) is 3.09. The molecular weight excluding hydrogens is 248 g/mol. The van der Waals surface area contributed by atoms with Gasteiger partial charge >= 0.3 is 0 Å². The Labute approximate surface area is 108 Å². The summed E-state index contributed by atoms with van der Waals surface area (Å²) in [6, 6.07) is 5.12. The smallest absolute Gasteiger partial charge is 0.182 e. The van der Waals surface area contributed by atoms with Crippen molar-refractivity contribution in [3.8, 4) is 0 Å². The summed E-state index contributed by atoms with van der Waals surface area (Å²) in [5.74, 6) is -0.250. The molecule has 2 rings (SSSR count). The van der Waals surface area contributed by atoms with E-state index < -0.39 is 21.0 Å². The first-order chi connectivity index (χ1) is 8.26. The van der Waals surface area contributed by atoms with Crippen molar-refractivity contribution in [1.82, 2.24) is 0 Å². The molecule has 1 aliphatic rings. The van der Waals surface area contributed by atoms with Crippen LogP contribution >= 0.6 is 0 Å². The third-order valence-corrected chi connectivity index (χ3v) is 6.21. The molecule has 0 aromatic heterocycles. The molecule has 0 amide bonds. The predicted molar refractivity (Wildman–Crippen MR) is 70.7 cm³/mol. The van der Waals surface area contributed by atoms with Crippen LogP contribution in [0.1, 0.15) is 49.5 Å². The Bertz CT molecular complexity index is 599. The average molecular weight is 266 g/mol. The Morgan fingerprint density at radius 3 is 2.33 bits per heavy atom. The van der Waals surface area contributed by atoms with Gasteiger partial charge in [0.25, 0.3) is 0 Å². The second-order valence-corrected chi connectivity index (χ2v) is 7.59. The van der Waals surface area contributed by atoms with Crippen molar-refractivity contribution in [2.45, 2.75) is 43.8 Å². The van der Waals surface area contributed by atoms with E-state index in [1.807, 2.05) is 13.8 Å². The van der Waals surface area contributed by atoms with Gasteiger partial charge in [0.15, 0.2) is 15.6 Å². The van der Waals surface area contributed by atoms with Crippen LogP contribution in [0.4, 0.5) is 0 Å². The van der Waals surface area contributed by atoms with Crippen molar-refractivity contribution in [2.24, 2.45) is 5.92 Å². The van der Waals surface area contributed by atoms with E-state index in [4.69, 9.17) is 0 Å². The number of ketones is 1. The normalized spacial score (nSPS) is 26.2. The number of hydrogen-bond acceptors (Lipinski definition) is 3. The van der Waals surface area contributed by atoms with E-state index in [1.54, 1.807) is 32.0 Å². The minimum Gasteiger partial charge on any atom is -0.294 e. The molecular formula is C14H18O3S. The molecule has 18 heavy (non-hydrogen) atoms. The summed E-state index contributed by atoms with van der Waals surface area (Å²) < 4.78 is 24.6. The molecule has 0 saturated heterocycles.